The molecule has 11 N–H and O–H groups in total. The van der Waals surface area contributed by atoms with Crippen LogP contribution >= 0.6 is 0 Å². The van der Waals surface area contributed by atoms with E-state index in [0.29, 0.717) is 0 Å². The van der Waals surface area contributed by atoms with Gasteiger partial charge in [0.1, 0.15) is 30.5 Å². The second-order valence-corrected chi connectivity index (χ2v) is 4.94. The first-order valence-corrected chi connectivity index (χ1v) is 6.78. The van der Waals surface area contributed by atoms with Crippen molar-refractivity contribution in [2.45, 2.75) is 48.8 Å². The number of carbonyl (C=O) groups is 4. The lowest BCUT2D eigenvalue weighted by molar-refractivity contribution is -0.172. The molecule has 0 amide bonds. The molecule has 0 spiro atoms. The van der Waals surface area contributed by atoms with Crippen molar-refractivity contribution in [1.29, 1.82) is 0 Å². The van der Waals surface area contributed by atoms with Crippen LogP contribution in [0.3, 0.4) is 0 Å². The average Bonchev–Trinajstić information content (AvgIpc) is 2.62. The van der Waals surface area contributed by atoms with E-state index in [1.807, 2.05) is 0 Å². The summed E-state index contributed by atoms with van der Waals surface area (Å²) in [5, 5.41) is 94.6. The number of rotatable bonds is 10. The highest BCUT2D eigenvalue weighted by Gasteiger charge is 2.37. The number of carboxylic acids is 3. The summed E-state index contributed by atoms with van der Waals surface area (Å²) in [6.45, 7) is 0. The molecule has 0 aromatic heterocycles. The van der Waals surface area contributed by atoms with Gasteiger partial charge >= 0.3 is 17.9 Å². The van der Waals surface area contributed by atoms with Crippen LogP contribution in [0.1, 0.15) is 0 Å². The molecule has 0 saturated carbocycles. The van der Waals surface area contributed by atoms with Gasteiger partial charge in [-0.3, -0.25) is 0 Å². The van der Waals surface area contributed by atoms with E-state index >= 15 is 0 Å². The number of aliphatic hydroxyl groups excluding tert-OH is 8. The summed E-state index contributed by atoms with van der Waals surface area (Å²) >= 11 is 0. The van der Waals surface area contributed by atoms with Gasteiger partial charge < -0.3 is 61.0 Å². The van der Waals surface area contributed by atoms with E-state index in [-0.39, 0.29) is 6.29 Å². The smallest absolute Gasteiger partial charge is 0.335 e. The van der Waals surface area contributed by atoms with Crippen LogP contribution < -0.4 is 0 Å². The van der Waals surface area contributed by atoms with Gasteiger partial charge in [-0.1, -0.05) is 0 Å². The summed E-state index contributed by atoms with van der Waals surface area (Å²) in [7, 11) is 0. The monoisotopic (exact) mass is 404 g/mol. The molecule has 0 aromatic rings. The summed E-state index contributed by atoms with van der Waals surface area (Å²) < 4.78 is 0. The Labute approximate surface area is 149 Å². The lowest BCUT2D eigenvalue weighted by Gasteiger charge is -2.21. The van der Waals surface area contributed by atoms with Crippen LogP contribution in [0.2, 0.25) is 0 Å². The molecule has 8 atom stereocenters. The minimum atomic E-state index is -2.36. The molecule has 15 heteroatoms. The molecular formula is C12H20O15. The van der Waals surface area contributed by atoms with Crippen LogP contribution in [0.4, 0.5) is 0 Å². The van der Waals surface area contributed by atoms with Gasteiger partial charge in [0, 0.05) is 0 Å². The third-order valence-electron chi connectivity index (χ3n) is 2.92. The van der Waals surface area contributed by atoms with Crippen molar-refractivity contribution < 1.29 is 75.3 Å². The molecule has 0 radical (unpaired) electrons. The lowest BCUT2D eigenvalue weighted by atomic mass is 10.0. The van der Waals surface area contributed by atoms with Gasteiger partial charge in [-0.05, 0) is 0 Å². The maximum absolute atomic E-state index is 10.1. The fourth-order valence-electron chi connectivity index (χ4n) is 1.28. The van der Waals surface area contributed by atoms with Crippen LogP contribution in [0.5, 0.6) is 0 Å². The third-order valence-corrected chi connectivity index (χ3v) is 2.92. The first-order valence-electron chi connectivity index (χ1n) is 6.78. The Morgan fingerprint density at radius 1 is 0.519 bits per heavy atom. The lowest BCUT2D eigenvalue weighted by Crippen LogP contribution is -2.49. The predicted molar refractivity (Wildman–Crippen MR) is 77.0 cm³/mol. The fourth-order valence-corrected chi connectivity index (χ4v) is 1.28. The first-order chi connectivity index (χ1) is 12.2. The fraction of sp³-hybridized carbons (Fsp3) is 0.667. The normalized spacial score (nSPS) is 19.7. The van der Waals surface area contributed by atoms with Crippen LogP contribution in [0, 0.1) is 0 Å². The van der Waals surface area contributed by atoms with Crippen LogP contribution in [-0.2, 0) is 19.2 Å². The van der Waals surface area contributed by atoms with Crippen LogP contribution in [0.25, 0.3) is 0 Å². The SMILES string of the molecule is O=C(O)C(O)C(O)C(O)C(O)C(=O)O.O=CC(O)C(O)C(O)C(O)C(=O)O. The van der Waals surface area contributed by atoms with Crippen LogP contribution in [-0.4, -0.2) is 129 Å². The van der Waals surface area contributed by atoms with E-state index < -0.39 is 66.7 Å². The van der Waals surface area contributed by atoms with Crippen molar-refractivity contribution in [3.05, 3.63) is 0 Å². The third kappa shape index (κ3) is 8.80. The molecule has 0 aliphatic rings. The molecule has 8 unspecified atom stereocenters. The first kappa shape index (κ1) is 27.0. The van der Waals surface area contributed by atoms with Gasteiger partial charge in [0.2, 0.25) is 0 Å². The zero-order valence-electron chi connectivity index (χ0n) is 13.2. The molecule has 0 saturated heterocycles. The van der Waals surface area contributed by atoms with Gasteiger partial charge in [0.25, 0.3) is 0 Å². The maximum Gasteiger partial charge on any atom is 0.335 e. The minimum Gasteiger partial charge on any atom is -0.479 e. The van der Waals surface area contributed by atoms with E-state index in [4.69, 9.17) is 56.2 Å². The number of hydrogen-bond donors (Lipinski definition) is 11. The highest BCUT2D eigenvalue weighted by molar-refractivity contribution is 5.75. The molecule has 158 valence electrons. The number of aliphatic carboxylic acids is 3. The van der Waals surface area contributed by atoms with Gasteiger partial charge in [-0.15, -0.1) is 0 Å². The standard InChI is InChI=1S/C6H10O8.C6H10O7/c7-1(3(9)5(11)12)2(8)4(10)6(13)14;7-1-2(8)3(9)4(10)5(11)6(12)13/h1-4,7-10H,(H,11,12)(H,13,14);1-5,8-11H,(H,12,13). The molecule has 27 heavy (non-hydrogen) atoms. The zero-order valence-corrected chi connectivity index (χ0v) is 13.2. The highest BCUT2D eigenvalue weighted by Crippen LogP contribution is 2.06. The Bertz CT molecular complexity index is 483. The van der Waals surface area contributed by atoms with E-state index in [2.05, 4.69) is 0 Å². The molecule has 0 bridgehead atoms. The summed E-state index contributed by atoms with van der Waals surface area (Å²) in [5.41, 5.74) is 0. The Hall–Kier alpha value is -2.24. The van der Waals surface area contributed by atoms with Gasteiger partial charge in [0.15, 0.2) is 24.6 Å². The Morgan fingerprint density at radius 3 is 0.926 bits per heavy atom. The van der Waals surface area contributed by atoms with Crippen LogP contribution in [0.15, 0.2) is 0 Å². The van der Waals surface area contributed by atoms with Crippen molar-refractivity contribution in [2.75, 3.05) is 0 Å². The van der Waals surface area contributed by atoms with Crippen molar-refractivity contribution in [1.82, 2.24) is 0 Å². The number of carbonyl (C=O) groups excluding carboxylic acids is 1. The number of aldehydes is 1. The van der Waals surface area contributed by atoms with E-state index in [1.165, 1.54) is 0 Å². The molecule has 0 rings (SSSR count). The summed E-state index contributed by atoms with van der Waals surface area (Å²) in [5.74, 6) is -5.44. The topological polar surface area (TPSA) is 291 Å². The number of aliphatic hydroxyl groups is 8. The molecule has 0 fully saturated rings. The van der Waals surface area contributed by atoms with Crippen molar-refractivity contribution in [3.8, 4) is 0 Å². The van der Waals surface area contributed by atoms with Gasteiger partial charge in [0.05, 0.1) is 0 Å². The van der Waals surface area contributed by atoms with E-state index in [1.54, 1.807) is 0 Å². The summed E-state index contributed by atoms with van der Waals surface area (Å²) in [6.07, 6.45) is -17.7. The predicted octanol–water partition coefficient (Wildman–Crippen LogP) is -6.69. The quantitative estimate of drug-likeness (QED) is 0.151. The molecule has 0 aliphatic carbocycles. The van der Waals surface area contributed by atoms with E-state index in [9.17, 15) is 19.2 Å². The Kier molecular flexibility index (Phi) is 12.2. The van der Waals surface area contributed by atoms with Crippen molar-refractivity contribution >= 4 is 24.2 Å². The van der Waals surface area contributed by atoms with Gasteiger partial charge in [-0.25, -0.2) is 14.4 Å². The molecule has 0 aromatic carbocycles. The molecule has 0 aliphatic heterocycles. The second kappa shape index (κ2) is 12.2. The Morgan fingerprint density at radius 2 is 0.741 bits per heavy atom. The maximum atomic E-state index is 10.1. The second-order valence-electron chi connectivity index (χ2n) is 4.94. The summed E-state index contributed by atoms with van der Waals surface area (Å²) in [6, 6.07) is 0. The molecule has 0 heterocycles. The number of hydrogen-bond acceptors (Lipinski definition) is 12. The van der Waals surface area contributed by atoms with Crippen molar-refractivity contribution in [3.63, 3.8) is 0 Å². The van der Waals surface area contributed by atoms with Gasteiger partial charge in [-0.2, -0.15) is 0 Å². The zero-order chi connectivity index (χ0) is 22.1. The highest BCUT2D eigenvalue weighted by atomic mass is 16.4. The van der Waals surface area contributed by atoms with Crippen molar-refractivity contribution in [2.24, 2.45) is 0 Å². The summed E-state index contributed by atoms with van der Waals surface area (Å²) in [4.78, 5) is 40.1. The van der Waals surface area contributed by atoms with E-state index in [0.717, 1.165) is 0 Å². The number of carboxylic acid groups (broad SMARTS) is 3. The average molecular weight is 404 g/mol. The minimum absolute atomic E-state index is 0.0809. The molecule has 15 nitrogen and oxygen atoms in total. The largest absolute Gasteiger partial charge is 0.479 e. The molecular weight excluding hydrogens is 384 g/mol. The Balaban J connectivity index is 0.